The fourth-order valence-corrected chi connectivity index (χ4v) is 3.02. The Morgan fingerprint density at radius 2 is 2.00 bits per heavy atom. The molecule has 1 aliphatic heterocycles. The minimum atomic E-state index is -1.79. The Hall–Kier alpha value is -0.433. The summed E-state index contributed by atoms with van der Waals surface area (Å²) in [6.45, 7) is 13.5. The van der Waals surface area contributed by atoms with Crippen LogP contribution in [0, 0.1) is 0 Å². The van der Waals surface area contributed by atoms with Gasteiger partial charge < -0.3 is 19.0 Å². The number of esters is 1. The molecular formula is C15H30O5Si. The summed E-state index contributed by atoms with van der Waals surface area (Å²) in [5.41, 5.74) is 0. The van der Waals surface area contributed by atoms with Crippen LogP contribution in [0.2, 0.25) is 18.1 Å². The molecule has 0 radical (unpaired) electrons. The molecular weight excluding hydrogens is 288 g/mol. The molecule has 1 rings (SSSR count). The van der Waals surface area contributed by atoms with Crippen LogP contribution in [0.4, 0.5) is 0 Å². The van der Waals surface area contributed by atoms with Gasteiger partial charge in [-0.3, -0.25) is 0 Å². The smallest absolute Gasteiger partial charge is 0.337 e. The third-order valence-corrected chi connectivity index (χ3v) is 8.96. The van der Waals surface area contributed by atoms with Crippen molar-refractivity contribution in [3.8, 4) is 0 Å². The Morgan fingerprint density at radius 3 is 2.52 bits per heavy atom. The molecule has 0 aromatic rings. The van der Waals surface area contributed by atoms with E-state index in [-0.39, 0.29) is 17.7 Å². The number of carbonyl (C=O) groups is 1. The minimum Gasteiger partial charge on any atom is -0.464 e. The lowest BCUT2D eigenvalue weighted by atomic mass is 10.1. The van der Waals surface area contributed by atoms with Crippen molar-refractivity contribution in [1.29, 1.82) is 0 Å². The van der Waals surface area contributed by atoms with E-state index in [9.17, 15) is 9.90 Å². The molecule has 0 aromatic heterocycles. The van der Waals surface area contributed by atoms with Gasteiger partial charge in [-0.2, -0.15) is 0 Å². The summed E-state index contributed by atoms with van der Waals surface area (Å²) < 4.78 is 16.7. The van der Waals surface area contributed by atoms with Gasteiger partial charge in [-0.15, -0.1) is 0 Å². The topological polar surface area (TPSA) is 65.0 Å². The SMILES string of the molecule is CCOC(=O)[C@H](O)[C@H]1CC[C@H](CO[Si](C)(C)C(C)(C)C)O1. The van der Waals surface area contributed by atoms with Crippen molar-refractivity contribution in [3.05, 3.63) is 0 Å². The van der Waals surface area contributed by atoms with Gasteiger partial charge in [0.05, 0.1) is 25.4 Å². The average Bonchev–Trinajstić information content (AvgIpc) is 2.83. The van der Waals surface area contributed by atoms with E-state index in [0.29, 0.717) is 13.0 Å². The molecule has 0 unspecified atom stereocenters. The second-order valence-electron chi connectivity index (χ2n) is 7.14. The first-order chi connectivity index (χ1) is 9.58. The standard InChI is InChI=1S/C15H30O5Si/c1-7-18-14(17)13(16)12-9-8-11(20-12)10-19-21(5,6)15(2,3)4/h11-13,16H,7-10H2,1-6H3/t11-,12-,13-/m1/s1. The summed E-state index contributed by atoms with van der Waals surface area (Å²) in [7, 11) is -1.79. The fraction of sp³-hybridized carbons (Fsp3) is 0.933. The molecule has 1 fully saturated rings. The van der Waals surface area contributed by atoms with Gasteiger partial charge in [0.25, 0.3) is 0 Å². The van der Waals surface area contributed by atoms with Crippen LogP contribution in [0.5, 0.6) is 0 Å². The monoisotopic (exact) mass is 318 g/mol. The summed E-state index contributed by atoms with van der Waals surface area (Å²) in [5, 5.41) is 10.1. The highest BCUT2D eigenvalue weighted by atomic mass is 28.4. The van der Waals surface area contributed by atoms with Crippen LogP contribution in [-0.2, 0) is 18.7 Å². The molecule has 1 saturated heterocycles. The lowest BCUT2D eigenvalue weighted by Crippen LogP contribution is -2.43. The summed E-state index contributed by atoms with van der Waals surface area (Å²) >= 11 is 0. The molecule has 0 amide bonds. The quantitative estimate of drug-likeness (QED) is 0.602. The first kappa shape index (κ1) is 18.6. The number of aliphatic hydroxyl groups excluding tert-OH is 1. The van der Waals surface area contributed by atoms with Gasteiger partial charge in [0.15, 0.2) is 14.4 Å². The Bertz CT molecular complexity index is 350. The number of hydrogen-bond donors (Lipinski definition) is 1. The molecule has 21 heavy (non-hydrogen) atoms. The highest BCUT2D eigenvalue weighted by molar-refractivity contribution is 6.74. The number of hydrogen-bond acceptors (Lipinski definition) is 5. The van der Waals surface area contributed by atoms with E-state index in [1.54, 1.807) is 6.92 Å². The van der Waals surface area contributed by atoms with E-state index < -0.39 is 26.5 Å². The van der Waals surface area contributed by atoms with Crippen molar-refractivity contribution in [2.45, 2.75) is 77.0 Å². The van der Waals surface area contributed by atoms with Gasteiger partial charge in [0.2, 0.25) is 0 Å². The molecule has 1 N–H and O–H groups in total. The van der Waals surface area contributed by atoms with Crippen molar-refractivity contribution >= 4 is 14.3 Å². The van der Waals surface area contributed by atoms with Crippen molar-refractivity contribution < 1.29 is 23.8 Å². The van der Waals surface area contributed by atoms with E-state index in [1.165, 1.54) is 0 Å². The Balaban J connectivity index is 2.43. The first-order valence-electron chi connectivity index (χ1n) is 7.72. The molecule has 5 nitrogen and oxygen atoms in total. The minimum absolute atomic E-state index is 0.0480. The molecule has 0 aromatic carbocycles. The van der Waals surface area contributed by atoms with Gasteiger partial charge in [-0.25, -0.2) is 4.79 Å². The van der Waals surface area contributed by atoms with Gasteiger partial charge in [0.1, 0.15) is 0 Å². The molecule has 6 heteroatoms. The van der Waals surface area contributed by atoms with Gasteiger partial charge in [0, 0.05) is 0 Å². The molecule has 1 heterocycles. The first-order valence-corrected chi connectivity index (χ1v) is 10.6. The number of aliphatic hydroxyl groups is 1. The lowest BCUT2D eigenvalue weighted by molar-refractivity contribution is -0.161. The van der Waals surface area contributed by atoms with Gasteiger partial charge in [-0.1, -0.05) is 20.8 Å². The van der Waals surface area contributed by atoms with Crippen LogP contribution >= 0.6 is 0 Å². The van der Waals surface area contributed by atoms with E-state index in [4.69, 9.17) is 13.9 Å². The maximum Gasteiger partial charge on any atom is 0.337 e. The van der Waals surface area contributed by atoms with E-state index in [0.717, 1.165) is 6.42 Å². The van der Waals surface area contributed by atoms with Crippen LogP contribution in [0.15, 0.2) is 0 Å². The van der Waals surface area contributed by atoms with Crippen LogP contribution in [0.25, 0.3) is 0 Å². The van der Waals surface area contributed by atoms with Crippen LogP contribution in [0.3, 0.4) is 0 Å². The molecule has 3 atom stereocenters. The van der Waals surface area contributed by atoms with Crippen molar-refractivity contribution in [3.63, 3.8) is 0 Å². The van der Waals surface area contributed by atoms with E-state index in [1.807, 2.05) is 0 Å². The fourth-order valence-electron chi connectivity index (χ4n) is 1.99. The maximum atomic E-state index is 11.5. The van der Waals surface area contributed by atoms with Gasteiger partial charge in [-0.05, 0) is 37.9 Å². The third kappa shape index (κ3) is 5.05. The van der Waals surface area contributed by atoms with Crippen molar-refractivity contribution in [1.82, 2.24) is 0 Å². The molecule has 0 aliphatic carbocycles. The number of rotatable bonds is 6. The normalized spacial score (nSPS) is 24.9. The summed E-state index contributed by atoms with van der Waals surface area (Å²) in [4.78, 5) is 11.5. The third-order valence-electron chi connectivity index (χ3n) is 4.46. The Labute approximate surface area is 129 Å². The van der Waals surface area contributed by atoms with E-state index >= 15 is 0 Å². The summed E-state index contributed by atoms with van der Waals surface area (Å²) in [6, 6.07) is 0. The zero-order valence-electron chi connectivity index (χ0n) is 14.1. The zero-order valence-corrected chi connectivity index (χ0v) is 15.1. The maximum absolute atomic E-state index is 11.5. The highest BCUT2D eigenvalue weighted by Crippen LogP contribution is 2.37. The van der Waals surface area contributed by atoms with Crippen LogP contribution < -0.4 is 0 Å². The predicted molar refractivity (Wildman–Crippen MR) is 83.7 cm³/mol. The van der Waals surface area contributed by atoms with Crippen molar-refractivity contribution in [2.24, 2.45) is 0 Å². The molecule has 124 valence electrons. The Morgan fingerprint density at radius 1 is 1.38 bits per heavy atom. The Kier molecular flexibility index (Phi) is 6.40. The summed E-state index contributed by atoms with van der Waals surface area (Å²) in [6.07, 6.45) is -0.255. The second-order valence-corrected chi connectivity index (χ2v) is 12.0. The highest BCUT2D eigenvalue weighted by Gasteiger charge is 2.40. The largest absolute Gasteiger partial charge is 0.464 e. The average molecular weight is 318 g/mol. The second kappa shape index (κ2) is 7.22. The summed E-state index contributed by atoms with van der Waals surface area (Å²) in [5.74, 6) is -0.603. The lowest BCUT2D eigenvalue weighted by Gasteiger charge is -2.36. The molecule has 0 bridgehead atoms. The molecule has 0 saturated carbocycles. The van der Waals surface area contributed by atoms with Crippen molar-refractivity contribution in [2.75, 3.05) is 13.2 Å². The number of carbonyl (C=O) groups excluding carboxylic acids is 1. The van der Waals surface area contributed by atoms with Gasteiger partial charge >= 0.3 is 5.97 Å². The predicted octanol–water partition coefficient (Wildman–Crippen LogP) is 2.48. The zero-order chi connectivity index (χ0) is 16.3. The van der Waals surface area contributed by atoms with E-state index in [2.05, 4.69) is 33.9 Å². The van der Waals surface area contributed by atoms with Crippen LogP contribution in [-0.4, -0.2) is 50.9 Å². The number of ether oxygens (including phenoxy) is 2. The molecule has 1 aliphatic rings. The van der Waals surface area contributed by atoms with Crippen LogP contribution in [0.1, 0.15) is 40.5 Å². The molecule has 0 spiro atoms.